The monoisotopic (exact) mass is 420 g/mol. The van der Waals surface area contributed by atoms with E-state index in [1.54, 1.807) is 30.1 Å². The molecule has 3 rings (SSSR count). The van der Waals surface area contributed by atoms with Crippen molar-refractivity contribution in [3.63, 3.8) is 0 Å². The molecule has 1 heterocycles. The second-order valence-corrected chi connectivity index (χ2v) is 7.72. The summed E-state index contributed by atoms with van der Waals surface area (Å²) in [6.07, 6.45) is 2.23. The number of rotatable bonds is 7. The topological polar surface area (TPSA) is 58.6 Å². The Morgan fingerprint density at radius 3 is 2.64 bits per heavy atom. The lowest BCUT2D eigenvalue weighted by atomic mass is 10.0. The van der Waals surface area contributed by atoms with Gasteiger partial charge in [0.25, 0.3) is 0 Å². The first-order chi connectivity index (χ1) is 13.4. The molecule has 28 heavy (non-hydrogen) atoms. The number of aryl methyl sites for hydroxylation is 1. The molecular weight excluding hydrogens is 399 g/mol. The molecule has 5 nitrogen and oxygen atoms in total. The molecule has 1 aliphatic heterocycles. The van der Waals surface area contributed by atoms with Gasteiger partial charge in [-0.2, -0.15) is 0 Å². The zero-order valence-corrected chi connectivity index (χ0v) is 17.1. The normalized spacial score (nSPS) is 12.9. The van der Waals surface area contributed by atoms with Crippen LogP contribution in [0.4, 0.5) is 5.69 Å². The van der Waals surface area contributed by atoms with Gasteiger partial charge in [0, 0.05) is 42.2 Å². The van der Waals surface area contributed by atoms with Gasteiger partial charge in [-0.3, -0.25) is 9.59 Å². The molecule has 0 saturated heterocycles. The molecular formula is C21H22Cl2N2O3. The smallest absolute Gasteiger partial charge is 0.224 e. The van der Waals surface area contributed by atoms with Gasteiger partial charge < -0.3 is 15.0 Å². The van der Waals surface area contributed by atoms with Crippen LogP contribution in [0, 0.1) is 0 Å². The highest BCUT2D eigenvalue weighted by molar-refractivity contribution is 6.34. The molecule has 2 aromatic rings. The summed E-state index contributed by atoms with van der Waals surface area (Å²) in [4.78, 5) is 25.4. The summed E-state index contributed by atoms with van der Waals surface area (Å²) in [5, 5.41) is 3.96. The summed E-state index contributed by atoms with van der Waals surface area (Å²) < 4.78 is 5.76. The van der Waals surface area contributed by atoms with E-state index in [2.05, 4.69) is 5.32 Å². The summed E-state index contributed by atoms with van der Waals surface area (Å²) in [5.41, 5.74) is 2.82. The van der Waals surface area contributed by atoms with E-state index in [0.29, 0.717) is 42.5 Å². The molecule has 0 aliphatic carbocycles. The zero-order chi connectivity index (χ0) is 20.1. The minimum absolute atomic E-state index is 0.0350. The molecule has 2 aromatic carbocycles. The molecule has 1 N–H and O–H groups in total. The number of hydrogen-bond donors (Lipinski definition) is 1. The molecule has 0 bridgehead atoms. The molecule has 0 radical (unpaired) electrons. The number of benzene rings is 2. The average Bonchev–Trinajstić information content (AvgIpc) is 2.64. The highest BCUT2D eigenvalue weighted by Crippen LogP contribution is 2.27. The number of anilines is 1. The Labute approximate surface area is 174 Å². The lowest BCUT2D eigenvalue weighted by molar-refractivity contribution is -0.130. The van der Waals surface area contributed by atoms with Gasteiger partial charge in [-0.05, 0) is 60.4 Å². The first-order valence-electron chi connectivity index (χ1n) is 9.15. The van der Waals surface area contributed by atoms with Crippen molar-refractivity contribution in [2.45, 2.75) is 32.2 Å². The maximum atomic E-state index is 12.3. The molecule has 1 aliphatic rings. The maximum Gasteiger partial charge on any atom is 0.224 e. The fraction of sp³-hybridized carbons (Fsp3) is 0.333. The predicted molar refractivity (Wildman–Crippen MR) is 111 cm³/mol. The lowest BCUT2D eigenvalue weighted by Crippen LogP contribution is -2.26. The van der Waals surface area contributed by atoms with E-state index in [0.717, 1.165) is 29.0 Å². The van der Waals surface area contributed by atoms with Crippen LogP contribution in [-0.4, -0.2) is 30.4 Å². The van der Waals surface area contributed by atoms with Crippen molar-refractivity contribution in [2.24, 2.45) is 0 Å². The minimum Gasteiger partial charge on any atom is -0.494 e. The van der Waals surface area contributed by atoms with Crippen LogP contribution in [0.15, 0.2) is 36.4 Å². The Morgan fingerprint density at radius 1 is 1.14 bits per heavy atom. The van der Waals surface area contributed by atoms with Crippen molar-refractivity contribution in [3.8, 4) is 5.75 Å². The van der Waals surface area contributed by atoms with E-state index in [1.165, 1.54) is 0 Å². The van der Waals surface area contributed by atoms with Gasteiger partial charge in [-0.15, -0.1) is 0 Å². The average molecular weight is 421 g/mol. The number of carbonyl (C=O) groups is 2. The van der Waals surface area contributed by atoms with Crippen molar-refractivity contribution in [2.75, 3.05) is 19.0 Å². The van der Waals surface area contributed by atoms with Gasteiger partial charge in [0.2, 0.25) is 11.8 Å². The van der Waals surface area contributed by atoms with Gasteiger partial charge >= 0.3 is 0 Å². The predicted octanol–water partition coefficient (Wildman–Crippen LogP) is 4.70. The van der Waals surface area contributed by atoms with E-state index < -0.39 is 0 Å². The van der Waals surface area contributed by atoms with Gasteiger partial charge in [-0.1, -0.05) is 23.2 Å². The fourth-order valence-electron chi connectivity index (χ4n) is 3.12. The number of nitrogens with zero attached hydrogens (tertiary/aromatic N) is 1. The van der Waals surface area contributed by atoms with E-state index in [9.17, 15) is 9.59 Å². The van der Waals surface area contributed by atoms with E-state index >= 15 is 0 Å². The van der Waals surface area contributed by atoms with E-state index in [4.69, 9.17) is 27.9 Å². The summed E-state index contributed by atoms with van der Waals surface area (Å²) in [7, 11) is 1.76. The van der Waals surface area contributed by atoms with Crippen molar-refractivity contribution < 1.29 is 14.3 Å². The van der Waals surface area contributed by atoms with Crippen LogP contribution in [0.5, 0.6) is 5.75 Å². The zero-order valence-electron chi connectivity index (χ0n) is 15.6. The van der Waals surface area contributed by atoms with Gasteiger partial charge in [0.05, 0.1) is 6.61 Å². The number of hydrogen-bond acceptors (Lipinski definition) is 3. The second kappa shape index (κ2) is 9.30. The molecule has 0 aromatic heterocycles. The molecule has 0 saturated carbocycles. The van der Waals surface area contributed by atoms with E-state index in [1.807, 2.05) is 18.2 Å². The van der Waals surface area contributed by atoms with Gasteiger partial charge in [0.1, 0.15) is 5.75 Å². The van der Waals surface area contributed by atoms with Crippen LogP contribution in [0.2, 0.25) is 10.0 Å². The third kappa shape index (κ3) is 5.63. The number of carbonyl (C=O) groups excluding carboxylic acids is 2. The summed E-state index contributed by atoms with van der Waals surface area (Å²) in [6.45, 7) is 0.907. The Kier molecular flexibility index (Phi) is 6.81. The van der Waals surface area contributed by atoms with Crippen LogP contribution < -0.4 is 10.1 Å². The number of amides is 2. The minimum atomic E-state index is 0.0350. The number of halogens is 2. The number of fused-ring (bicyclic) bond motifs is 1. The van der Waals surface area contributed by atoms with Crippen LogP contribution in [0.3, 0.4) is 0 Å². The summed E-state index contributed by atoms with van der Waals surface area (Å²) in [5.74, 6) is 0.834. The Balaban J connectivity index is 1.43. The lowest BCUT2D eigenvalue weighted by Gasteiger charge is -2.19. The molecule has 2 amide bonds. The highest BCUT2D eigenvalue weighted by atomic mass is 35.5. The Hall–Kier alpha value is -2.24. The molecule has 0 atom stereocenters. The summed E-state index contributed by atoms with van der Waals surface area (Å²) in [6, 6.07) is 10.9. The molecule has 0 fully saturated rings. The van der Waals surface area contributed by atoms with Crippen LogP contribution in [-0.2, 0) is 22.6 Å². The third-order valence-corrected chi connectivity index (χ3v) is 4.98. The summed E-state index contributed by atoms with van der Waals surface area (Å²) >= 11 is 12.0. The van der Waals surface area contributed by atoms with Gasteiger partial charge in [0.15, 0.2) is 0 Å². The molecule has 0 spiro atoms. The third-order valence-electron chi connectivity index (χ3n) is 4.54. The first-order valence-corrected chi connectivity index (χ1v) is 9.91. The van der Waals surface area contributed by atoms with E-state index in [-0.39, 0.29) is 11.8 Å². The SMILES string of the molecule is CN(Cc1cc(Cl)cc(Cl)c1)C(=O)CCCOc1ccc2c(c1)CCC(=O)N2. The number of ether oxygens (including phenoxy) is 1. The van der Waals surface area contributed by atoms with Crippen LogP contribution >= 0.6 is 23.2 Å². The van der Waals surface area contributed by atoms with Crippen molar-refractivity contribution in [1.29, 1.82) is 0 Å². The second-order valence-electron chi connectivity index (χ2n) is 6.85. The largest absolute Gasteiger partial charge is 0.494 e. The van der Waals surface area contributed by atoms with Crippen molar-refractivity contribution >= 4 is 40.7 Å². The van der Waals surface area contributed by atoms with Gasteiger partial charge in [-0.25, -0.2) is 0 Å². The quantitative estimate of drug-likeness (QED) is 0.660. The van der Waals surface area contributed by atoms with Crippen LogP contribution in [0.1, 0.15) is 30.4 Å². The molecule has 7 heteroatoms. The van der Waals surface area contributed by atoms with Crippen LogP contribution in [0.25, 0.3) is 0 Å². The Bertz CT molecular complexity index is 866. The number of nitrogens with one attached hydrogen (secondary N) is 1. The first kappa shape index (κ1) is 20.5. The fourth-order valence-corrected chi connectivity index (χ4v) is 3.69. The maximum absolute atomic E-state index is 12.3. The van der Waals surface area contributed by atoms with Crippen molar-refractivity contribution in [3.05, 3.63) is 57.6 Å². The molecule has 0 unspecified atom stereocenters. The van der Waals surface area contributed by atoms with Crippen molar-refractivity contribution in [1.82, 2.24) is 4.90 Å². The highest BCUT2D eigenvalue weighted by Gasteiger charge is 2.15. The Morgan fingerprint density at radius 2 is 1.89 bits per heavy atom. The molecule has 148 valence electrons. The standard InChI is InChI=1S/C21H22Cl2N2O3/c1-25(13-14-9-16(22)12-17(23)10-14)21(27)3-2-8-28-18-5-6-19-15(11-18)4-7-20(26)24-19/h5-6,9-12H,2-4,7-8,13H2,1H3,(H,24,26).